The van der Waals surface area contributed by atoms with Gasteiger partial charge in [0.15, 0.2) is 6.61 Å². The van der Waals surface area contributed by atoms with Crippen LogP contribution >= 0.6 is 22.7 Å². The summed E-state index contributed by atoms with van der Waals surface area (Å²) in [5.74, 6) is -1.14. The number of nitrogens with one attached hydrogen (secondary N) is 2. The minimum atomic E-state index is -0.558. The quantitative estimate of drug-likeness (QED) is 0.717. The van der Waals surface area contributed by atoms with Gasteiger partial charge in [-0.2, -0.15) is 0 Å². The highest BCUT2D eigenvalue weighted by Crippen LogP contribution is 2.38. The molecule has 27 heavy (non-hydrogen) atoms. The van der Waals surface area contributed by atoms with Crippen LogP contribution in [0.25, 0.3) is 0 Å². The second-order valence-electron chi connectivity index (χ2n) is 6.48. The second kappa shape index (κ2) is 8.67. The number of fused-ring (bicyclic) bond motifs is 1. The zero-order valence-corrected chi connectivity index (χ0v) is 16.9. The molecule has 0 saturated carbocycles. The molecular weight excluding hydrogens is 384 g/mol. The standard InChI is InChI=1S/C19H22N2O4S2/c1-11(14-8-5-9-26-14)20-16(23)10-25-19(24)17-13-6-3-4-7-15(13)27-18(17)21-12(2)22/h5,8-9,11H,3-4,6-7,10H2,1-2H3,(H,20,23)(H,21,22)/t11-/m0/s1. The number of aryl methyl sites for hydroxylation is 1. The smallest absolute Gasteiger partial charge is 0.341 e. The van der Waals surface area contributed by atoms with Crippen LogP contribution in [0.4, 0.5) is 5.00 Å². The van der Waals surface area contributed by atoms with Crippen molar-refractivity contribution in [2.75, 3.05) is 11.9 Å². The Morgan fingerprint density at radius 1 is 1.26 bits per heavy atom. The van der Waals surface area contributed by atoms with E-state index in [4.69, 9.17) is 4.74 Å². The summed E-state index contributed by atoms with van der Waals surface area (Å²) in [7, 11) is 0. The van der Waals surface area contributed by atoms with Crippen molar-refractivity contribution in [1.82, 2.24) is 5.32 Å². The number of hydrogen-bond donors (Lipinski definition) is 2. The molecule has 0 unspecified atom stereocenters. The van der Waals surface area contributed by atoms with Crippen molar-refractivity contribution in [1.29, 1.82) is 0 Å². The first-order valence-corrected chi connectivity index (χ1v) is 10.6. The summed E-state index contributed by atoms with van der Waals surface area (Å²) in [6.07, 6.45) is 3.77. The van der Waals surface area contributed by atoms with E-state index in [0.717, 1.165) is 41.0 Å². The fraction of sp³-hybridized carbons (Fsp3) is 0.421. The molecule has 0 saturated heterocycles. The lowest BCUT2D eigenvalue weighted by molar-refractivity contribution is -0.124. The Morgan fingerprint density at radius 3 is 2.74 bits per heavy atom. The Morgan fingerprint density at radius 2 is 2.04 bits per heavy atom. The van der Waals surface area contributed by atoms with E-state index in [-0.39, 0.29) is 24.5 Å². The third-order valence-corrected chi connectivity index (χ3v) is 6.61. The summed E-state index contributed by atoms with van der Waals surface area (Å²) in [6.45, 7) is 2.95. The first-order chi connectivity index (χ1) is 13.0. The number of anilines is 1. The van der Waals surface area contributed by atoms with Crippen molar-refractivity contribution in [2.24, 2.45) is 0 Å². The molecule has 1 aliphatic carbocycles. The third kappa shape index (κ3) is 4.75. The molecule has 1 aliphatic rings. The number of carbonyl (C=O) groups excluding carboxylic acids is 3. The summed E-state index contributed by atoms with van der Waals surface area (Å²) in [5, 5.41) is 8.01. The van der Waals surface area contributed by atoms with Crippen LogP contribution in [0, 0.1) is 0 Å². The van der Waals surface area contributed by atoms with Gasteiger partial charge < -0.3 is 15.4 Å². The Kier molecular flexibility index (Phi) is 6.28. The van der Waals surface area contributed by atoms with Crippen LogP contribution in [0.1, 0.15) is 58.4 Å². The molecule has 2 aromatic heterocycles. The average molecular weight is 407 g/mol. The van der Waals surface area contributed by atoms with Gasteiger partial charge in [0.05, 0.1) is 11.6 Å². The van der Waals surface area contributed by atoms with E-state index in [1.165, 1.54) is 18.3 Å². The minimum absolute atomic E-state index is 0.139. The van der Waals surface area contributed by atoms with E-state index in [0.29, 0.717) is 10.6 Å². The van der Waals surface area contributed by atoms with Gasteiger partial charge in [-0.1, -0.05) is 6.07 Å². The van der Waals surface area contributed by atoms with Crippen molar-refractivity contribution < 1.29 is 19.1 Å². The lowest BCUT2D eigenvalue weighted by Gasteiger charge is -2.14. The number of rotatable bonds is 6. The molecule has 2 amide bonds. The Labute approximate surface area is 165 Å². The van der Waals surface area contributed by atoms with E-state index >= 15 is 0 Å². The molecule has 0 aromatic carbocycles. The van der Waals surface area contributed by atoms with Crippen molar-refractivity contribution in [3.05, 3.63) is 38.4 Å². The molecule has 0 fully saturated rings. The van der Waals surface area contributed by atoms with Crippen LogP contribution < -0.4 is 10.6 Å². The molecule has 3 rings (SSSR count). The van der Waals surface area contributed by atoms with Gasteiger partial charge in [0.25, 0.3) is 5.91 Å². The number of esters is 1. The van der Waals surface area contributed by atoms with Gasteiger partial charge in [-0.3, -0.25) is 9.59 Å². The molecular formula is C19H22N2O4S2. The Balaban J connectivity index is 1.66. The van der Waals surface area contributed by atoms with Crippen LogP contribution in [-0.4, -0.2) is 24.4 Å². The summed E-state index contributed by atoms with van der Waals surface area (Å²) < 4.78 is 5.26. The highest BCUT2D eigenvalue weighted by Gasteiger charge is 2.27. The lowest BCUT2D eigenvalue weighted by atomic mass is 9.95. The van der Waals surface area contributed by atoms with Gasteiger partial charge in [-0.15, -0.1) is 22.7 Å². The number of carbonyl (C=O) groups is 3. The Hall–Kier alpha value is -2.19. The van der Waals surface area contributed by atoms with E-state index in [2.05, 4.69) is 10.6 Å². The predicted octanol–water partition coefficient (Wildman–Crippen LogP) is 3.68. The van der Waals surface area contributed by atoms with E-state index < -0.39 is 5.97 Å². The van der Waals surface area contributed by atoms with Crippen LogP contribution in [0.3, 0.4) is 0 Å². The van der Waals surface area contributed by atoms with Gasteiger partial charge in [0.2, 0.25) is 5.91 Å². The first kappa shape index (κ1) is 19.6. The topological polar surface area (TPSA) is 84.5 Å². The van der Waals surface area contributed by atoms with Gasteiger partial charge in [-0.05, 0) is 49.6 Å². The zero-order chi connectivity index (χ0) is 19.4. The van der Waals surface area contributed by atoms with Crippen LogP contribution in [0.5, 0.6) is 0 Å². The molecule has 2 aromatic rings. The molecule has 2 heterocycles. The van der Waals surface area contributed by atoms with E-state index in [1.54, 1.807) is 11.3 Å². The number of ether oxygens (including phenoxy) is 1. The van der Waals surface area contributed by atoms with Gasteiger partial charge in [0.1, 0.15) is 5.00 Å². The third-order valence-electron chi connectivity index (χ3n) is 4.35. The molecule has 2 N–H and O–H groups in total. The molecule has 0 radical (unpaired) electrons. The predicted molar refractivity (Wildman–Crippen MR) is 106 cm³/mol. The number of amides is 2. The maximum absolute atomic E-state index is 12.7. The number of thiophene rings is 2. The van der Waals surface area contributed by atoms with E-state index in [9.17, 15) is 14.4 Å². The fourth-order valence-corrected chi connectivity index (χ4v) is 5.18. The number of hydrogen-bond acceptors (Lipinski definition) is 6. The fourth-order valence-electron chi connectivity index (χ4n) is 3.12. The summed E-state index contributed by atoms with van der Waals surface area (Å²) in [5.41, 5.74) is 1.36. The summed E-state index contributed by atoms with van der Waals surface area (Å²) in [4.78, 5) is 38.4. The molecule has 144 valence electrons. The second-order valence-corrected chi connectivity index (χ2v) is 8.56. The largest absolute Gasteiger partial charge is 0.452 e. The minimum Gasteiger partial charge on any atom is -0.452 e. The first-order valence-electron chi connectivity index (χ1n) is 8.87. The van der Waals surface area contributed by atoms with Crippen LogP contribution in [-0.2, 0) is 27.2 Å². The molecule has 0 bridgehead atoms. The summed E-state index contributed by atoms with van der Waals surface area (Å²) >= 11 is 2.99. The molecule has 8 heteroatoms. The normalized spacial score (nSPS) is 14.1. The highest BCUT2D eigenvalue weighted by atomic mass is 32.1. The van der Waals surface area contributed by atoms with Crippen LogP contribution in [0.2, 0.25) is 0 Å². The SMILES string of the molecule is CC(=O)Nc1sc2c(c1C(=O)OCC(=O)N[C@@H](C)c1cccs1)CCCC2. The van der Waals surface area contributed by atoms with Gasteiger partial charge in [-0.25, -0.2) is 4.79 Å². The molecule has 6 nitrogen and oxygen atoms in total. The van der Waals surface area contributed by atoms with Gasteiger partial charge in [0, 0.05) is 16.7 Å². The maximum atomic E-state index is 12.7. The van der Waals surface area contributed by atoms with Crippen molar-refractivity contribution in [2.45, 2.75) is 45.6 Å². The summed E-state index contributed by atoms with van der Waals surface area (Å²) in [6, 6.07) is 3.73. The average Bonchev–Trinajstić information content (AvgIpc) is 3.26. The zero-order valence-electron chi connectivity index (χ0n) is 15.3. The van der Waals surface area contributed by atoms with Crippen LogP contribution in [0.15, 0.2) is 17.5 Å². The van der Waals surface area contributed by atoms with Crippen molar-refractivity contribution in [3.8, 4) is 0 Å². The highest BCUT2D eigenvalue weighted by molar-refractivity contribution is 7.17. The molecule has 1 atom stereocenters. The molecule has 0 aliphatic heterocycles. The van der Waals surface area contributed by atoms with Crippen molar-refractivity contribution in [3.63, 3.8) is 0 Å². The molecule has 0 spiro atoms. The maximum Gasteiger partial charge on any atom is 0.341 e. The Bertz CT molecular complexity index is 842. The van der Waals surface area contributed by atoms with Crippen molar-refractivity contribution >= 4 is 45.5 Å². The van der Waals surface area contributed by atoms with E-state index in [1.807, 2.05) is 24.4 Å². The van der Waals surface area contributed by atoms with Gasteiger partial charge >= 0.3 is 5.97 Å². The monoisotopic (exact) mass is 406 g/mol. The lowest BCUT2D eigenvalue weighted by Crippen LogP contribution is -2.31.